The number of rotatable bonds is 32. The Balaban J connectivity index is 0.000000154. The molecule has 16 aromatic rings. The Morgan fingerprint density at radius 3 is 0.993 bits per heavy atom. The molecule has 0 saturated carbocycles. The predicted octanol–water partition coefficient (Wildman–Crippen LogP) is 16.2. The number of methoxy groups -OCH3 is 4. The lowest BCUT2D eigenvalue weighted by molar-refractivity contribution is 0.0980. The molecule has 0 atom stereocenters. The summed E-state index contributed by atoms with van der Waals surface area (Å²) >= 11 is 0. The number of ketones is 4. The van der Waals surface area contributed by atoms with Crippen molar-refractivity contribution in [3.8, 4) is 74.6 Å². The van der Waals surface area contributed by atoms with E-state index in [4.69, 9.17) is 24.2 Å². The first-order valence-corrected chi connectivity index (χ1v) is 43.0. The highest BCUT2D eigenvalue weighted by Crippen LogP contribution is 2.43. The van der Waals surface area contributed by atoms with Gasteiger partial charge in [-0.25, -0.2) is 64.8 Å². The molecule has 0 aliphatic carbocycles. The minimum Gasteiger partial charge on any atom is -0.494 e. The van der Waals surface area contributed by atoms with Crippen molar-refractivity contribution in [2.75, 3.05) is 71.0 Å². The van der Waals surface area contributed by atoms with Gasteiger partial charge in [-0.2, -0.15) is 40.2 Å². The third kappa shape index (κ3) is 23.4. The Kier molecular flexibility index (Phi) is 30.8. The summed E-state index contributed by atoms with van der Waals surface area (Å²) in [7, 11) is 17.1. The molecule has 702 valence electrons. The number of para-hydroxylation sites is 1. The van der Waals surface area contributed by atoms with E-state index in [0.717, 1.165) is 17.0 Å². The van der Waals surface area contributed by atoms with Crippen LogP contribution in [0.3, 0.4) is 0 Å². The van der Waals surface area contributed by atoms with Gasteiger partial charge in [0.05, 0.1) is 101 Å². The molecular formula is C94H101FN34O8. The summed E-state index contributed by atoms with van der Waals surface area (Å²) in [5.41, 5.74) is 9.60. The lowest BCUT2D eigenvalue weighted by atomic mass is 9.88. The Labute approximate surface area is 786 Å². The standard InChI is InChI=1S/C26H29FN8O2.C23H21N9O2.C23H26N8O2.C22H25N9O2/c1-7-19(36)16-13-29-21(32-20-9-8-17(23(27)33-20)26(2,3)4)12-18(16)31-25-22(37-6)15(10-11-28-25)24-30-14-35(5)34-24;1-4-18(33)16-12-26-20(30-19-7-5-6-14(11-24)28-19)10-17(16)29-23-21(34-3)15(8-9-25-23)22-27-13-32(2)31-22;1-6-19(32)16-12-24-20(27-21-10-14(2)31(4)28-21)11-18(16)26-17-9-7-8-15(22(17)33-5)23-25-13-30(3)29-23;1-6-17(32)15-11-24-18(27-19-9-13(2)31(4)28-19)10-16(15)26-22-20(33-5)14(7-8-23-22)21-25-12-30(3)29-21/h8-14H,7H2,1-6H3,(H2,28,29,31,32,33);5-10,12-13H,4H2,1-3H3,(H2,25,26,28,29,30);7-13H,6H2,1-5H3,(H2,24,26,27,28);7-12H,6H2,1-5H3,(H2,23,24,26,27,28). The first kappa shape index (κ1) is 96.8. The Morgan fingerprint density at radius 1 is 0.365 bits per heavy atom. The molecule has 16 rings (SSSR count). The number of hydrogen-bond acceptors (Lipinski definition) is 36. The Hall–Kier alpha value is -17.8. The van der Waals surface area contributed by atoms with Crippen molar-refractivity contribution in [1.29, 1.82) is 5.26 Å². The van der Waals surface area contributed by atoms with E-state index < -0.39 is 5.95 Å². The molecule has 0 aliphatic rings. The van der Waals surface area contributed by atoms with Crippen LogP contribution in [0.2, 0.25) is 0 Å². The minimum atomic E-state index is -0.553. The zero-order chi connectivity index (χ0) is 97.9. The van der Waals surface area contributed by atoms with E-state index in [2.05, 4.69) is 138 Å². The molecule has 8 N–H and O–H groups in total. The van der Waals surface area contributed by atoms with E-state index in [-0.39, 0.29) is 46.5 Å². The molecule has 0 saturated heterocycles. The lowest BCUT2D eigenvalue weighted by Crippen LogP contribution is -2.15. The monoisotopic (exact) mass is 1850 g/mol. The number of halogens is 1. The number of benzene rings is 1. The molecule has 0 aliphatic heterocycles. The van der Waals surface area contributed by atoms with Crippen LogP contribution >= 0.6 is 0 Å². The number of ether oxygens (including phenoxy) is 4. The van der Waals surface area contributed by atoms with Crippen LogP contribution in [0.4, 0.5) is 96.8 Å². The molecule has 0 unspecified atom stereocenters. The Morgan fingerprint density at radius 2 is 0.693 bits per heavy atom. The van der Waals surface area contributed by atoms with Crippen LogP contribution in [0.1, 0.15) is 138 Å². The molecule has 15 heterocycles. The van der Waals surface area contributed by atoms with Gasteiger partial charge in [0.1, 0.15) is 72.0 Å². The van der Waals surface area contributed by atoms with Gasteiger partial charge in [0.25, 0.3) is 0 Å². The van der Waals surface area contributed by atoms with Crippen molar-refractivity contribution in [1.82, 2.24) is 123 Å². The van der Waals surface area contributed by atoms with Crippen LogP contribution in [-0.4, -0.2) is 175 Å². The van der Waals surface area contributed by atoms with Crippen LogP contribution in [0.25, 0.3) is 45.6 Å². The van der Waals surface area contributed by atoms with Crippen LogP contribution < -0.4 is 61.5 Å². The van der Waals surface area contributed by atoms with Gasteiger partial charge >= 0.3 is 0 Å². The van der Waals surface area contributed by atoms with E-state index in [1.165, 1.54) is 26.6 Å². The number of pyridine rings is 9. The second kappa shape index (κ2) is 43.5. The quantitative estimate of drug-likeness (QED) is 0.0143. The number of carbonyl (C=O) groups excluding carboxylic acids is 4. The fourth-order valence-corrected chi connectivity index (χ4v) is 13.7. The number of nitrogens with one attached hydrogen (secondary N) is 8. The van der Waals surface area contributed by atoms with Gasteiger partial charge in [-0.3, -0.25) is 47.3 Å². The van der Waals surface area contributed by atoms with Crippen molar-refractivity contribution < 1.29 is 42.5 Å². The van der Waals surface area contributed by atoms with E-state index >= 15 is 0 Å². The highest BCUT2D eigenvalue weighted by atomic mass is 19.1. The number of aryl methyl sites for hydroxylation is 8. The first-order valence-electron chi connectivity index (χ1n) is 43.0. The van der Waals surface area contributed by atoms with Gasteiger partial charge in [0.2, 0.25) is 5.95 Å². The summed E-state index contributed by atoms with van der Waals surface area (Å²) in [4.78, 5) is 107. The topological polar surface area (TPSA) is 500 Å². The zero-order valence-corrected chi connectivity index (χ0v) is 78.8. The fraction of sp³-hybridized carbons (Fsp3) is 0.255. The van der Waals surface area contributed by atoms with Crippen molar-refractivity contribution >= 4 is 116 Å². The molecule has 0 bridgehead atoms. The number of aromatic nitrogens is 25. The largest absolute Gasteiger partial charge is 0.494 e. The van der Waals surface area contributed by atoms with Crippen molar-refractivity contribution in [2.45, 2.75) is 93.4 Å². The summed E-state index contributed by atoms with van der Waals surface area (Å²) in [6.45, 7) is 16.9. The normalized spacial score (nSPS) is 10.9. The molecule has 15 aromatic heterocycles. The van der Waals surface area contributed by atoms with Crippen LogP contribution in [0.15, 0.2) is 172 Å². The molecular weight excluding hydrogens is 1750 g/mol. The lowest BCUT2D eigenvalue weighted by Gasteiger charge is -2.19. The maximum Gasteiger partial charge on any atom is 0.218 e. The number of hydrogen-bond donors (Lipinski definition) is 8. The molecule has 43 heteroatoms. The average molecular weight is 1850 g/mol. The molecule has 0 spiro atoms. The van der Waals surface area contributed by atoms with E-state index in [0.29, 0.717) is 197 Å². The highest BCUT2D eigenvalue weighted by Gasteiger charge is 2.27. The van der Waals surface area contributed by atoms with E-state index in [1.807, 2.05) is 99.1 Å². The van der Waals surface area contributed by atoms with Gasteiger partial charge in [-0.15, -0.1) is 0 Å². The maximum absolute atomic E-state index is 14.6. The van der Waals surface area contributed by atoms with Gasteiger partial charge < -0.3 is 61.5 Å². The summed E-state index contributed by atoms with van der Waals surface area (Å²) < 4.78 is 47.2. The summed E-state index contributed by atoms with van der Waals surface area (Å²) in [5.74, 6) is 8.20. The van der Waals surface area contributed by atoms with Gasteiger partial charge in [-0.1, -0.05) is 66.7 Å². The third-order valence-corrected chi connectivity index (χ3v) is 20.8. The van der Waals surface area contributed by atoms with Crippen LogP contribution in [0, 0.1) is 31.1 Å². The number of nitrogens with zero attached hydrogens (tertiary/aromatic N) is 26. The summed E-state index contributed by atoms with van der Waals surface area (Å²) in [6, 6.07) is 32.1. The molecule has 1 aromatic carbocycles. The number of Topliss-reactive ketones (excluding diaryl/α,β-unsaturated/α-hetero) is 4. The number of nitriles is 1. The van der Waals surface area contributed by atoms with Crippen LogP contribution in [-0.2, 0) is 47.7 Å². The van der Waals surface area contributed by atoms with Gasteiger partial charge in [0.15, 0.2) is 98.5 Å². The molecule has 42 nitrogen and oxygen atoms in total. The Bertz CT molecular complexity index is 6880. The minimum absolute atomic E-state index is 0.0215. The molecule has 137 heavy (non-hydrogen) atoms. The van der Waals surface area contributed by atoms with Gasteiger partial charge in [-0.05, 0) is 67.8 Å². The number of anilines is 16. The highest BCUT2D eigenvalue weighted by molar-refractivity contribution is 6.05. The van der Waals surface area contributed by atoms with Crippen molar-refractivity contribution in [3.63, 3.8) is 0 Å². The van der Waals surface area contributed by atoms with Crippen LogP contribution in [0.5, 0.6) is 23.0 Å². The molecule has 0 radical (unpaired) electrons. The van der Waals surface area contributed by atoms with Crippen molar-refractivity contribution in [2.24, 2.45) is 42.3 Å². The molecule has 0 fully saturated rings. The second-order valence-corrected chi connectivity index (χ2v) is 31.5. The zero-order valence-electron chi connectivity index (χ0n) is 78.8. The average Bonchev–Trinajstić information content (AvgIpc) is 1.71. The fourth-order valence-electron chi connectivity index (χ4n) is 13.7. The first-order chi connectivity index (χ1) is 65.9. The maximum atomic E-state index is 14.6. The van der Waals surface area contributed by atoms with E-state index in [9.17, 15) is 23.6 Å². The van der Waals surface area contributed by atoms with E-state index in [1.54, 1.807) is 213 Å². The third-order valence-electron chi connectivity index (χ3n) is 20.8. The van der Waals surface area contributed by atoms with Crippen molar-refractivity contribution in [3.05, 3.63) is 223 Å². The number of carbonyl (C=O) groups is 4. The van der Waals surface area contributed by atoms with Gasteiger partial charge in [0, 0.05) is 165 Å². The summed E-state index contributed by atoms with van der Waals surface area (Å²) in [5, 5.41) is 60.7. The predicted molar refractivity (Wildman–Crippen MR) is 515 cm³/mol. The molecule has 0 amide bonds. The summed E-state index contributed by atoms with van der Waals surface area (Å²) in [6.07, 6.45) is 18.6. The second-order valence-electron chi connectivity index (χ2n) is 31.5. The smallest absolute Gasteiger partial charge is 0.218 e. The SMILES string of the molecule is CCC(=O)c1cnc(Nc2cc(C)n(C)n2)cc1Nc1cccc(-c2ncn(C)n2)c1OC.CCC(=O)c1cnc(Nc2cc(C)n(C)n2)cc1Nc1nccc(-c2ncn(C)n2)c1OC.CCC(=O)c1cnc(Nc2ccc(C(C)(C)C)c(F)n2)cc1Nc1nccc(-c2ncn(C)n2)c1OC.CCC(=O)c1cnc(Nc2cccc(C#N)n2)cc1Nc1nccc(-c2ncn(C)n2)c1OC.